The predicted octanol–water partition coefficient (Wildman–Crippen LogP) is 2.88. The highest BCUT2D eigenvalue weighted by molar-refractivity contribution is 7.98. The summed E-state index contributed by atoms with van der Waals surface area (Å²) in [6, 6.07) is 1.96. The number of anilines is 1. The van der Waals surface area contributed by atoms with Crippen LogP contribution in [-0.2, 0) is 0 Å². The van der Waals surface area contributed by atoms with Crippen molar-refractivity contribution in [3.05, 3.63) is 12.4 Å². The highest BCUT2D eigenvalue weighted by atomic mass is 35.5. The summed E-state index contributed by atoms with van der Waals surface area (Å²) < 4.78 is 0. The van der Waals surface area contributed by atoms with Gasteiger partial charge in [0.25, 0.3) is 0 Å². The Morgan fingerprint density at radius 3 is 3.00 bits per heavy atom. The minimum Gasteiger partial charge on any atom is -0.370 e. The Morgan fingerprint density at radius 1 is 1.53 bits per heavy atom. The van der Waals surface area contributed by atoms with Gasteiger partial charge in [0, 0.05) is 18.5 Å². The first-order valence-corrected chi connectivity index (χ1v) is 6.68. The molecule has 1 aromatic rings. The summed E-state index contributed by atoms with van der Waals surface area (Å²) in [4.78, 5) is 8.26. The average Bonchev–Trinajstić information content (AvgIpc) is 2.27. The molecule has 0 aromatic carbocycles. The zero-order chi connectivity index (χ0) is 11.1. The van der Waals surface area contributed by atoms with Gasteiger partial charge < -0.3 is 5.32 Å². The quantitative estimate of drug-likeness (QED) is 0.475. The lowest BCUT2D eigenvalue weighted by atomic mass is 10.1. The molecule has 1 N–H and O–H groups in total. The van der Waals surface area contributed by atoms with E-state index in [4.69, 9.17) is 11.6 Å². The largest absolute Gasteiger partial charge is 0.370 e. The minimum atomic E-state index is 0.565. The van der Waals surface area contributed by atoms with Gasteiger partial charge >= 0.3 is 0 Å². The Hall–Kier alpha value is -0.480. The normalized spacial score (nSPS) is 12.5. The second-order valence-electron chi connectivity index (χ2n) is 3.41. The Kier molecular flexibility index (Phi) is 5.79. The minimum absolute atomic E-state index is 0.565. The Balaban J connectivity index is 2.43. The van der Waals surface area contributed by atoms with E-state index in [0.29, 0.717) is 11.8 Å². The topological polar surface area (TPSA) is 37.8 Å². The molecule has 1 atom stereocenters. The first-order valence-electron chi connectivity index (χ1n) is 4.92. The van der Waals surface area contributed by atoms with Crippen LogP contribution in [0.2, 0.25) is 0 Å². The molecule has 1 heterocycles. The number of rotatable bonds is 6. The van der Waals surface area contributed by atoms with E-state index in [1.54, 1.807) is 18.1 Å². The number of hydrogen-bond donors (Lipinski definition) is 1. The van der Waals surface area contributed by atoms with Gasteiger partial charge in [0.15, 0.2) is 0 Å². The smallest absolute Gasteiger partial charge is 0.130 e. The highest BCUT2D eigenvalue weighted by Crippen LogP contribution is 2.14. The maximum absolute atomic E-state index is 5.67. The molecule has 1 aromatic heterocycles. The van der Waals surface area contributed by atoms with Gasteiger partial charge in [-0.3, -0.25) is 0 Å². The Morgan fingerprint density at radius 2 is 2.33 bits per heavy atom. The van der Waals surface area contributed by atoms with Crippen molar-refractivity contribution >= 4 is 29.2 Å². The Bertz CT molecular complexity index is 296. The third kappa shape index (κ3) is 4.71. The summed E-state index contributed by atoms with van der Waals surface area (Å²) in [5.74, 6) is 2.16. The predicted molar refractivity (Wildman–Crippen MR) is 66.8 cm³/mol. The summed E-state index contributed by atoms with van der Waals surface area (Å²) in [6.07, 6.45) is 4.61. The van der Waals surface area contributed by atoms with Gasteiger partial charge in [-0.05, 0) is 18.6 Å². The molecule has 0 saturated heterocycles. The highest BCUT2D eigenvalue weighted by Gasteiger charge is 2.02. The summed E-state index contributed by atoms with van der Waals surface area (Å²) in [7, 11) is 0. The summed E-state index contributed by atoms with van der Waals surface area (Å²) in [6.45, 7) is 3.07. The van der Waals surface area contributed by atoms with Crippen molar-refractivity contribution in [3.63, 3.8) is 0 Å². The van der Waals surface area contributed by atoms with Crippen LogP contribution in [0.1, 0.15) is 13.3 Å². The van der Waals surface area contributed by atoms with Crippen LogP contribution < -0.4 is 5.32 Å². The van der Waals surface area contributed by atoms with Crippen molar-refractivity contribution in [2.45, 2.75) is 18.4 Å². The monoisotopic (exact) mass is 245 g/mol. The lowest BCUT2D eigenvalue weighted by Crippen LogP contribution is -2.12. The van der Waals surface area contributed by atoms with Gasteiger partial charge in [-0.1, -0.05) is 6.92 Å². The number of nitrogens with zero attached hydrogens (tertiary/aromatic N) is 2. The number of aromatic nitrogens is 2. The fraction of sp³-hybridized carbons (Fsp3) is 0.600. The van der Waals surface area contributed by atoms with Gasteiger partial charge in [-0.25, -0.2) is 9.97 Å². The molecule has 5 heteroatoms. The van der Waals surface area contributed by atoms with Gasteiger partial charge in [-0.2, -0.15) is 0 Å². The molecule has 0 aliphatic rings. The lowest BCUT2D eigenvalue weighted by molar-refractivity contribution is 0.595. The van der Waals surface area contributed by atoms with Crippen LogP contribution in [0.5, 0.6) is 0 Å². The van der Waals surface area contributed by atoms with Crippen LogP contribution in [0.25, 0.3) is 0 Å². The van der Waals surface area contributed by atoms with Gasteiger partial charge in [0.05, 0.1) is 0 Å². The van der Waals surface area contributed by atoms with E-state index in [1.807, 2.05) is 12.3 Å². The fourth-order valence-corrected chi connectivity index (χ4v) is 1.87. The van der Waals surface area contributed by atoms with Crippen molar-refractivity contribution in [1.29, 1.82) is 0 Å². The van der Waals surface area contributed by atoms with E-state index < -0.39 is 0 Å². The standard InChI is InChI=1S/C10H16ClN3S/c1-8(3-4-11)6-12-9-5-10(15-2)14-7-13-9/h5,7-8H,3-4,6H2,1-2H3,(H,12,13,14). The molecule has 0 bridgehead atoms. The molecule has 0 saturated carbocycles. The van der Waals surface area contributed by atoms with Gasteiger partial charge in [0.1, 0.15) is 17.2 Å². The van der Waals surface area contributed by atoms with Crippen LogP contribution >= 0.6 is 23.4 Å². The molecule has 1 unspecified atom stereocenters. The van der Waals surface area contributed by atoms with Crippen LogP contribution in [-0.4, -0.2) is 28.6 Å². The molecule has 0 radical (unpaired) electrons. The average molecular weight is 246 g/mol. The van der Waals surface area contributed by atoms with Crippen LogP contribution in [0.4, 0.5) is 5.82 Å². The van der Waals surface area contributed by atoms with E-state index in [9.17, 15) is 0 Å². The second-order valence-corrected chi connectivity index (χ2v) is 4.61. The summed E-state index contributed by atoms with van der Waals surface area (Å²) in [5, 5.41) is 4.26. The van der Waals surface area contributed by atoms with Crippen LogP contribution in [0.3, 0.4) is 0 Å². The maximum Gasteiger partial charge on any atom is 0.130 e. The number of hydrogen-bond acceptors (Lipinski definition) is 4. The van der Waals surface area contributed by atoms with Crippen molar-refractivity contribution in [2.75, 3.05) is 24.0 Å². The second kappa shape index (κ2) is 6.90. The molecule has 0 spiro atoms. The molecule has 0 aliphatic heterocycles. The van der Waals surface area contributed by atoms with Crippen molar-refractivity contribution in [3.8, 4) is 0 Å². The molecule has 0 amide bonds. The summed E-state index contributed by atoms with van der Waals surface area (Å²) >= 11 is 7.28. The number of halogens is 1. The van der Waals surface area contributed by atoms with E-state index in [1.165, 1.54) is 0 Å². The molecular formula is C10H16ClN3S. The molecular weight excluding hydrogens is 230 g/mol. The fourth-order valence-electron chi connectivity index (χ4n) is 1.11. The van der Waals surface area contributed by atoms with Gasteiger partial charge in [-0.15, -0.1) is 23.4 Å². The lowest BCUT2D eigenvalue weighted by Gasteiger charge is -2.11. The van der Waals surface area contributed by atoms with E-state index in [-0.39, 0.29) is 0 Å². The number of thioether (sulfide) groups is 1. The number of nitrogens with one attached hydrogen (secondary N) is 1. The summed E-state index contributed by atoms with van der Waals surface area (Å²) in [5.41, 5.74) is 0. The van der Waals surface area contributed by atoms with E-state index in [0.717, 1.165) is 23.8 Å². The van der Waals surface area contributed by atoms with Crippen LogP contribution in [0.15, 0.2) is 17.4 Å². The maximum atomic E-state index is 5.67. The van der Waals surface area contributed by atoms with Crippen molar-refractivity contribution in [1.82, 2.24) is 9.97 Å². The molecule has 0 aliphatic carbocycles. The molecule has 15 heavy (non-hydrogen) atoms. The van der Waals surface area contributed by atoms with E-state index >= 15 is 0 Å². The zero-order valence-corrected chi connectivity index (χ0v) is 10.6. The SMILES string of the molecule is CSc1cc(NCC(C)CCCl)ncn1. The molecule has 84 valence electrons. The molecule has 3 nitrogen and oxygen atoms in total. The third-order valence-electron chi connectivity index (χ3n) is 2.08. The number of alkyl halides is 1. The molecule has 1 rings (SSSR count). The Labute approximate surface area is 100 Å². The first-order chi connectivity index (χ1) is 7.26. The molecule has 0 fully saturated rings. The first kappa shape index (κ1) is 12.6. The van der Waals surface area contributed by atoms with Crippen molar-refractivity contribution < 1.29 is 0 Å². The third-order valence-corrected chi connectivity index (χ3v) is 2.94. The van der Waals surface area contributed by atoms with Gasteiger partial charge in [0.2, 0.25) is 0 Å². The van der Waals surface area contributed by atoms with Crippen LogP contribution in [0, 0.1) is 5.92 Å². The zero-order valence-electron chi connectivity index (χ0n) is 9.03. The van der Waals surface area contributed by atoms with Crippen molar-refractivity contribution in [2.24, 2.45) is 5.92 Å². The van der Waals surface area contributed by atoms with E-state index in [2.05, 4.69) is 22.2 Å².